The average Bonchev–Trinajstić information content (AvgIpc) is 2.66. The third-order valence-corrected chi connectivity index (χ3v) is 3.57. The zero-order valence-electron chi connectivity index (χ0n) is 11.9. The minimum Gasteiger partial charge on any atom is -0.482 e. The highest BCUT2D eigenvalue weighted by molar-refractivity contribution is 6.34. The lowest BCUT2D eigenvalue weighted by Crippen LogP contribution is -2.21. The van der Waals surface area contributed by atoms with Crippen molar-refractivity contribution in [1.29, 1.82) is 0 Å². The van der Waals surface area contributed by atoms with E-state index in [1.807, 2.05) is 20.9 Å². The van der Waals surface area contributed by atoms with Crippen molar-refractivity contribution >= 4 is 34.8 Å². The molecule has 0 spiro atoms. The molecule has 21 heavy (non-hydrogen) atoms. The molecule has 0 saturated carbocycles. The molecule has 1 aromatic heterocycles. The second kappa shape index (κ2) is 6.37. The second-order valence-electron chi connectivity index (χ2n) is 4.58. The number of benzene rings is 1. The maximum atomic E-state index is 11.9. The normalized spacial score (nSPS) is 10.5. The van der Waals surface area contributed by atoms with Crippen LogP contribution in [0.25, 0.3) is 0 Å². The van der Waals surface area contributed by atoms with Gasteiger partial charge in [0.2, 0.25) is 0 Å². The van der Waals surface area contributed by atoms with Crippen LogP contribution in [0.3, 0.4) is 0 Å². The Morgan fingerprint density at radius 2 is 2.10 bits per heavy atom. The van der Waals surface area contributed by atoms with E-state index < -0.39 is 0 Å². The number of aromatic nitrogens is 2. The number of aryl methyl sites for hydroxylation is 2. The van der Waals surface area contributed by atoms with Crippen molar-refractivity contribution in [2.24, 2.45) is 7.05 Å². The summed E-state index contributed by atoms with van der Waals surface area (Å²) in [5.41, 5.74) is 2.33. The summed E-state index contributed by atoms with van der Waals surface area (Å²) in [6, 6.07) is 4.84. The van der Waals surface area contributed by atoms with Crippen LogP contribution in [0.2, 0.25) is 10.0 Å². The molecule has 7 heteroatoms. The predicted molar refractivity (Wildman–Crippen MR) is 83.3 cm³/mol. The van der Waals surface area contributed by atoms with Gasteiger partial charge in [-0.3, -0.25) is 9.48 Å². The van der Waals surface area contributed by atoms with E-state index in [0.29, 0.717) is 21.5 Å². The second-order valence-corrected chi connectivity index (χ2v) is 5.42. The largest absolute Gasteiger partial charge is 0.482 e. The van der Waals surface area contributed by atoms with Gasteiger partial charge >= 0.3 is 0 Å². The number of hydrogen-bond acceptors (Lipinski definition) is 3. The number of nitrogens with one attached hydrogen (secondary N) is 1. The molecule has 0 aliphatic rings. The van der Waals surface area contributed by atoms with Crippen molar-refractivity contribution in [1.82, 2.24) is 9.78 Å². The number of carbonyl (C=O) groups excluding carboxylic acids is 1. The van der Waals surface area contributed by atoms with E-state index in [0.717, 1.165) is 11.4 Å². The lowest BCUT2D eigenvalue weighted by atomic mass is 10.3. The molecule has 0 aliphatic carbocycles. The fourth-order valence-corrected chi connectivity index (χ4v) is 2.20. The summed E-state index contributed by atoms with van der Waals surface area (Å²) >= 11 is 11.8. The van der Waals surface area contributed by atoms with Crippen LogP contribution in [0, 0.1) is 13.8 Å². The number of hydrogen-bond donors (Lipinski definition) is 1. The van der Waals surface area contributed by atoms with Gasteiger partial charge in [0.05, 0.1) is 22.1 Å². The van der Waals surface area contributed by atoms with Crippen LogP contribution in [0.4, 0.5) is 5.69 Å². The minimum absolute atomic E-state index is 0.159. The molecule has 0 atom stereocenters. The van der Waals surface area contributed by atoms with E-state index in [9.17, 15) is 4.79 Å². The highest BCUT2D eigenvalue weighted by Crippen LogP contribution is 2.27. The van der Waals surface area contributed by atoms with Gasteiger partial charge in [0.25, 0.3) is 5.91 Å². The van der Waals surface area contributed by atoms with Gasteiger partial charge in [0.15, 0.2) is 6.61 Å². The predicted octanol–water partition coefficient (Wildman–Crippen LogP) is 3.36. The molecule has 112 valence electrons. The van der Waals surface area contributed by atoms with E-state index in [2.05, 4.69) is 10.4 Å². The number of carbonyl (C=O) groups is 1. The molecule has 2 aromatic rings. The van der Waals surface area contributed by atoms with Crippen molar-refractivity contribution in [3.05, 3.63) is 39.6 Å². The zero-order valence-corrected chi connectivity index (χ0v) is 13.4. The summed E-state index contributed by atoms with van der Waals surface area (Å²) < 4.78 is 7.09. The van der Waals surface area contributed by atoms with Crippen molar-refractivity contribution < 1.29 is 9.53 Å². The van der Waals surface area contributed by atoms with E-state index in [-0.39, 0.29) is 12.5 Å². The summed E-state index contributed by atoms with van der Waals surface area (Å²) in [7, 11) is 1.82. The van der Waals surface area contributed by atoms with Crippen LogP contribution >= 0.6 is 23.2 Å². The molecular formula is C14H15Cl2N3O2. The zero-order chi connectivity index (χ0) is 15.6. The fourth-order valence-electron chi connectivity index (χ4n) is 1.86. The highest BCUT2D eigenvalue weighted by atomic mass is 35.5. The molecule has 1 amide bonds. The summed E-state index contributed by atoms with van der Waals surface area (Å²) in [5.74, 6) is 0.0872. The van der Waals surface area contributed by atoms with Crippen LogP contribution in [0.15, 0.2) is 18.2 Å². The molecular weight excluding hydrogens is 313 g/mol. The number of halogens is 2. The van der Waals surface area contributed by atoms with Gasteiger partial charge < -0.3 is 10.1 Å². The van der Waals surface area contributed by atoms with E-state index in [1.54, 1.807) is 22.9 Å². The molecule has 2 rings (SSSR count). The summed E-state index contributed by atoms with van der Waals surface area (Å²) in [6.07, 6.45) is 0. The van der Waals surface area contributed by atoms with Crippen molar-refractivity contribution in [3.8, 4) is 5.75 Å². The van der Waals surface area contributed by atoms with Crippen LogP contribution in [-0.2, 0) is 11.8 Å². The lowest BCUT2D eigenvalue weighted by molar-refractivity contribution is -0.118. The van der Waals surface area contributed by atoms with E-state index in [1.165, 1.54) is 0 Å². The van der Waals surface area contributed by atoms with Crippen molar-refractivity contribution in [2.75, 3.05) is 11.9 Å². The Balaban J connectivity index is 2.01. The van der Waals surface area contributed by atoms with E-state index >= 15 is 0 Å². The van der Waals surface area contributed by atoms with Crippen LogP contribution in [0.1, 0.15) is 11.4 Å². The van der Waals surface area contributed by atoms with Gasteiger partial charge in [-0.25, -0.2) is 0 Å². The summed E-state index contributed by atoms with van der Waals surface area (Å²) in [5, 5.41) is 7.91. The first kappa shape index (κ1) is 15.7. The fraction of sp³-hybridized carbons (Fsp3) is 0.286. The summed E-state index contributed by atoms with van der Waals surface area (Å²) in [6.45, 7) is 3.55. The van der Waals surface area contributed by atoms with Crippen molar-refractivity contribution in [2.45, 2.75) is 13.8 Å². The number of anilines is 1. The molecule has 0 unspecified atom stereocenters. The van der Waals surface area contributed by atoms with Gasteiger partial charge in [0, 0.05) is 18.1 Å². The van der Waals surface area contributed by atoms with Gasteiger partial charge in [-0.2, -0.15) is 5.10 Å². The highest BCUT2D eigenvalue weighted by Gasteiger charge is 2.13. The molecule has 1 aromatic carbocycles. The first-order valence-electron chi connectivity index (χ1n) is 6.26. The van der Waals surface area contributed by atoms with Crippen LogP contribution in [0.5, 0.6) is 5.75 Å². The molecule has 0 aliphatic heterocycles. The quantitative estimate of drug-likeness (QED) is 0.936. The lowest BCUT2D eigenvalue weighted by Gasteiger charge is -2.09. The average molecular weight is 328 g/mol. The maximum absolute atomic E-state index is 11.9. The third-order valence-electron chi connectivity index (χ3n) is 3.03. The topological polar surface area (TPSA) is 56.2 Å². The monoisotopic (exact) mass is 327 g/mol. The Hall–Kier alpha value is -1.72. The van der Waals surface area contributed by atoms with Crippen LogP contribution < -0.4 is 10.1 Å². The van der Waals surface area contributed by atoms with Gasteiger partial charge in [0.1, 0.15) is 5.75 Å². The SMILES string of the molecule is Cc1nn(C)c(C)c1NC(=O)COc1cc(Cl)ccc1Cl. The van der Waals surface area contributed by atoms with Gasteiger partial charge in [-0.15, -0.1) is 0 Å². The van der Waals surface area contributed by atoms with Gasteiger partial charge in [-0.1, -0.05) is 23.2 Å². The Morgan fingerprint density at radius 1 is 1.38 bits per heavy atom. The van der Waals surface area contributed by atoms with E-state index in [4.69, 9.17) is 27.9 Å². The Kier molecular flexibility index (Phi) is 4.75. The Morgan fingerprint density at radius 3 is 2.71 bits per heavy atom. The maximum Gasteiger partial charge on any atom is 0.262 e. The number of nitrogens with zero attached hydrogens (tertiary/aromatic N) is 2. The standard InChI is InChI=1S/C14H15Cl2N3O2/c1-8-14(9(2)19(3)18-8)17-13(20)7-21-12-6-10(15)4-5-11(12)16/h4-6H,7H2,1-3H3,(H,17,20). The Bertz CT molecular complexity index is 683. The molecule has 0 radical (unpaired) electrons. The number of amides is 1. The molecule has 1 N–H and O–H groups in total. The molecule has 0 bridgehead atoms. The number of rotatable bonds is 4. The smallest absolute Gasteiger partial charge is 0.262 e. The Labute approximate surface area is 132 Å². The third kappa shape index (κ3) is 3.68. The molecule has 1 heterocycles. The van der Waals surface area contributed by atoms with Crippen LogP contribution in [-0.4, -0.2) is 22.3 Å². The first-order valence-corrected chi connectivity index (χ1v) is 7.02. The van der Waals surface area contributed by atoms with Gasteiger partial charge in [-0.05, 0) is 26.0 Å². The molecule has 0 saturated heterocycles. The first-order chi connectivity index (χ1) is 9.88. The number of ether oxygens (including phenoxy) is 1. The summed E-state index contributed by atoms with van der Waals surface area (Å²) in [4.78, 5) is 11.9. The molecule has 5 nitrogen and oxygen atoms in total. The molecule has 0 fully saturated rings. The van der Waals surface area contributed by atoms with Crippen molar-refractivity contribution in [3.63, 3.8) is 0 Å². The minimum atomic E-state index is -0.287.